The summed E-state index contributed by atoms with van der Waals surface area (Å²) >= 11 is 0. The molecule has 2 aliphatic heterocycles. The number of piperidine rings is 1. The highest BCUT2D eigenvalue weighted by atomic mass is 19.1. The number of pyridine rings is 1. The summed E-state index contributed by atoms with van der Waals surface area (Å²) in [5, 5.41) is 13.0. The van der Waals surface area contributed by atoms with Crippen LogP contribution in [-0.2, 0) is 0 Å². The number of hydrogen-bond acceptors (Lipinski definition) is 5. The Balaban J connectivity index is 0.00000218. The van der Waals surface area contributed by atoms with E-state index in [0.29, 0.717) is 35.5 Å². The Morgan fingerprint density at radius 2 is 2.07 bits per heavy atom. The minimum absolute atomic E-state index is 0. The molecule has 30 heavy (non-hydrogen) atoms. The summed E-state index contributed by atoms with van der Waals surface area (Å²) in [4.78, 5) is 26.4. The van der Waals surface area contributed by atoms with E-state index in [-0.39, 0.29) is 25.4 Å². The highest BCUT2D eigenvalue weighted by molar-refractivity contribution is 5.97. The number of benzene rings is 1. The van der Waals surface area contributed by atoms with Crippen molar-refractivity contribution < 1.29 is 19.0 Å². The number of hydrogen-bond donors (Lipinski definition) is 2. The van der Waals surface area contributed by atoms with Gasteiger partial charge in [-0.25, -0.2) is 9.18 Å². The second-order valence-electron chi connectivity index (χ2n) is 8.32. The lowest BCUT2D eigenvalue weighted by atomic mass is 9.94. The van der Waals surface area contributed by atoms with Gasteiger partial charge in [0.2, 0.25) is 5.43 Å². The van der Waals surface area contributed by atoms with E-state index in [1.807, 2.05) is 4.90 Å². The van der Waals surface area contributed by atoms with Gasteiger partial charge in [-0.15, -0.1) is 0 Å². The maximum atomic E-state index is 15.3. The van der Waals surface area contributed by atoms with E-state index >= 15 is 4.39 Å². The lowest BCUT2D eigenvalue weighted by Gasteiger charge is -2.25. The van der Waals surface area contributed by atoms with Crippen molar-refractivity contribution >= 4 is 31.0 Å². The van der Waals surface area contributed by atoms with Gasteiger partial charge in [-0.1, -0.05) is 0 Å². The molecule has 0 radical (unpaired) electrons. The largest absolute Gasteiger partial charge is 0.492 e. The molecule has 1 aliphatic carbocycles. The van der Waals surface area contributed by atoms with Crippen LogP contribution in [0, 0.1) is 11.7 Å². The fraction of sp³-hybridized carbons (Fsp3) is 0.524. The molecule has 1 aromatic carbocycles. The Morgan fingerprint density at radius 1 is 1.30 bits per heavy atom. The number of nitrogens with one attached hydrogen (secondary N) is 1. The maximum absolute atomic E-state index is 15.3. The van der Waals surface area contributed by atoms with Gasteiger partial charge in [0.25, 0.3) is 0 Å². The standard InChI is InChI=1S/C21H24FN3O4.BH3/c1-29-20-17-13(19(26)14(21(27)28)9-25(17)12-4-5-12)7-15(22)18(20)24-8-11-3-2-6-23-16(11)10-24;/h7,9,11-12,16,23H,2-6,8,10H2,1H3,(H,27,28);1H3/t11-,16+;/m0./s1. The molecule has 2 saturated heterocycles. The zero-order chi connectivity index (χ0) is 20.3. The van der Waals surface area contributed by atoms with E-state index in [1.54, 1.807) is 4.57 Å². The smallest absolute Gasteiger partial charge is 0.341 e. The Morgan fingerprint density at radius 3 is 2.70 bits per heavy atom. The molecular weight excluding hydrogens is 388 g/mol. The van der Waals surface area contributed by atoms with Gasteiger partial charge in [-0.3, -0.25) is 4.79 Å². The van der Waals surface area contributed by atoms with Crippen molar-refractivity contribution in [1.82, 2.24) is 9.88 Å². The number of aromatic carboxylic acids is 1. The second kappa shape index (κ2) is 7.61. The van der Waals surface area contributed by atoms with Gasteiger partial charge in [-0.2, -0.15) is 0 Å². The average Bonchev–Trinajstić information content (AvgIpc) is 3.45. The summed E-state index contributed by atoms with van der Waals surface area (Å²) in [6, 6.07) is 1.62. The number of methoxy groups -OCH3 is 1. The van der Waals surface area contributed by atoms with Crippen molar-refractivity contribution in [2.75, 3.05) is 31.6 Å². The van der Waals surface area contributed by atoms with Crippen LogP contribution in [0.3, 0.4) is 0 Å². The fourth-order valence-corrected chi connectivity index (χ4v) is 4.95. The van der Waals surface area contributed by atoms with Crippen LogP contribution in [0.4, 0.5) is 10.1 Å². The van der Waals surface area contributed by atoms with Crippen molar-refractivity contribution in [3.05, 3.63) is 33.9 Å². The molecule has 2 N–H and O–H groups in total. The quantitative estimate of drug-likeness (QED) is 0.730. The van der Waals surface area contributed by atoms with E-state index < -0.39 is 17.2 Å². The average molecular weight is 415 g/mol. The first kappa shape index (κ1) is 20.7. The number of carbonyl (C=O) groups is 1. The van der Waals surface area contributed by atoms with Crippen molar-refractivity contribution in [3.63, 3.8) is 0 Å². The summed E-state index contributed by atoms with van der Waals surface area (Å²) in [5.74, 6) is -1.07. The first-order valence-corrected chi connectivity index (χ1v) is 10.2. The van der Waals surface area contributed by atoms with E-state index in [2.05, 4.69) is 5.32 Å². The van der Waals surface area contributed by atoms with E-state index in [0.717, 1.165) is 38.8 Å². The molecular formula is C21H27BFN3O4. The monoisotopic (exact) mass is 415 g/mol. The van der Waals surface area contributed by atoms with Crippen LogP contribution in [0.15, 0.2) is 17.1 Å². The van der Waals surface area contributed by atoms with E-state index in [9.17, 15) is 14.7 Å². The number of fused-ring (bicyclic) bond motifs is 2. The molecule has 3 heterocycles. The first-order chi connectivity index (χ1) is 14.0. The van der Waals surface area contributed by atoms with Gasteiger partial charge in [0.15, 0.2) is 11.6 Å². The van der Waals surface area contributed by atoms with Gasteiger partial charge < -0.3 is 24.6 Å². The molecule has 0 bridgehead atoms. The minimum atomic E-state index is -1.30. The Hall–Kier alpha value is -2.55. The summed E-state index contributed by atoms with van der Waals surface area (Å²) in [6.45, 7) is 2.40. The number of anilines is 1. The van der Waals surface area contributed by atoms with Crippen molar-refractivity contribution in [1.29, 1.82) is 0 Å². The van der Waals surface area contributed by atoms with Gasteiger partial charge in [0.05, 0.1) is 26.4 Å². The molecule has 0 unspecified atom stereocenters. The van der Waals surface area contributed by atoms with E-state index in [1.165, 1.54) is 19.4 Å². The van der Waals surface area contributed by atoms with Crippen LogP contribution in [0.5, 0.6) is 5.75 Å². The summed E-state index contributed by atoms with van der Waals surface area (Å²) in [5.41, 5.74) is -0.155. The predicted molar refractivity (Wildman–Crippen MR) is 117 cm³/mol. The fourth-order valence-electron chi connectivity index (χ4n) is 4.95. The first-order valence-electron chi connectivity index (χ1n) is 10.2. The zero-order valence-electron chi connectivity index (χ0n) is 16.3. The normalized spacial score (nSPS) is 23.2. The van der Waals surface area contributed by atoms with Crippen LogP contribution in [0.25, 0.3) is 10.9 Å². The molecule has 9 heteroatoms. The molecule has 1 saturated carbocycles. The summed E-state index contributed by atoms with van der Waals surface area (Å²) in [7, 11) is 1.48. The molecule has 7 nitrogen and oxygen atoms in total. The molecule has 3 aliphatic rings. The summed E-state index contributed by atoms with van der Waals surface area (Å²) < 4.78 is 22.8. The Labute approximate surface area is 175 Å². The molecule has 1 aromatic heterocycles. The van der Waals surface area contributed by atoms with Crippen LogP contribution in [-0.4, -0.2) is 56.8 Å². The van der Waals surface area contributed by atoms with Crippen LogP contribution in [0.1, 0.15) is 42.1 Å². The van der Waals surface area contributed by atoms with Crippen molar-refractivity contribution in [2.45, 2.75) is 37.8 Å². The van der Waals surface area contributed by atoms with Gasteiger partial charge >= 0.3 is 5.97 Å². The third-order valence-corrected chi connectivity index (χ3v) is 6.49. The van der Waals surface area contributed by atoms with Crippen molar-refractivity contribution in [3.8, 4) is 5.75 Å². The number of rotatable bonds is 4. The highest BCUT2D eigenvalue weighted by Crippen LogP contribution is 2.45. The van der Waals surface area contributed by atoms with Crippen molar-refractivity contribution in [2.24, 2.45) is 5.92 Å². The van der Waals surface area contributed by atoms with Gasteiger partial charge in [0, 0.05) is 31.4 Å². The minimum Gasteiger partial charge on any atom is -0.492 e. The SMILES string of the molecule is B.COc1c(N2C[C@@H]3CCCN[C@@H]3C2)c(F)cc2c(=O)c(C(=O)O)cn(C3CC3)c12. The number of nitrogens with zero attached hydrogens (tertiary/aromatic N) is 2. The third kappa shape index (κ3) is 3.16. The number of carboxylic acid groups (broad SMARTS) is 1. The highest BCUT2D eigenvalue weighted by Gasteiger charge is 2.38. The topological polar surface area (TPSA) is 83.8 Å². The summed E-state index contributed by atoms with van der Waals surface area (Å²) in [6.07, 6.45) is 5.40. The van der Waals surface area contributed by atoms with Crippen LogP contribution in [0.2, 0.25) is 0 Å². The zero-order valence-corrected chi connectivity index (χ0v) is 16.3. The van der Waals surface area contributed by atoms with Gasteiger partial charge in [0.1, 0.15) is 11.3 Å². The lowest BCUT2D eigenvalue weighted by molar-refractivity contribution is 0.0695. The molecule has 3 fully saturated rings. The maximum Gasteiger partial charge on any atom is 0.341 e. The number of halogens is 1. The number of ether oxygens (including phenoxy) is 1. The van der Waals surface area contributed by atoms with E-state index in [4.69, 9.17) is 4.74 Å². The molecule has 160 valence electrons. The van der Waals surface area contributed by atoms with Gasteiger partial charge in [-0.05, 0) is 44.2 Å². The molecule has 2 atom stereocenters. The predicted octanol–water partition coefficient (Wildman–Crippen LogP) is 1.19. The molecule has 2 aromatic rings. The number of aromatic nitrogens is 1. The number of carboxylic acids is 1. The molecule has 0 spiro atoms. The van der Waals surface area contributed by atoms with Crippen LogP contribution >= 0.6 is 0 Å². The Kier molecular flexibility index (Phi) is 5.26. The molecule has 5 rings (SSSR count). The molecule has 0 amide bonds. The van der Waals surface area contributed by atoms with Crippen LogP contribution < -0.4 is 20.4 Å². The third-order valence-electron chi connectivity index (χ3n) is 6.49. The lowest BCUT2D eigenvalue weighted by Crippen LogP contribution is -2.40. The second-order valence-corrected chi connectivity index (χ2v) is 8.32. The Bertz CT molecular complexity index is 1050.